The van der Waals surface area contributed by atoms with Gasteiger partial charge < -0.3 is 14.2 Å². The van der Waals surface area contributed by atoms with Gasteiger partial charge in [0.05, 0.1) is 43.5 Å². The molecule has 0 N–H and O–H groups in total. The normalized spacial score (nSPS) is 11.0. The average molecular weight is 412 g/mol. The highest BCUT2D eigenvalue weighted by Crippen LogP contribution is 2.40. The summed E-state index contributed by atoms with van der Waals surface area (Å²) in [6.45, 7) is 5.49. The van der Waals surface area contributed by atoms with Gasteiger partial charge in [0.25, 0.3) is 10.0 Å². The van der Waals surface area contributed by atoms with Gasteiger partial charge in [-0.05, 0) is 30.7 Å². The maximum absolute atomic E-state index is 13.3. The number of anilines is 1. The molecule has 8 heteroatoms. The van der Waals surface area contributed by atoms with Crippen molar-refractivity contribution in [3.05, 3.63) is 53.6 Å². The minimum atomic E-state index is -3.91. The predicted octanol–water partition coefficient (Wildman–Crippen LogP) is 4.06. The minimum absolute atomic E-state index is 0.0363. The lowest BCUT2D eigenvalue weighted by atomic mass is 10.2. The monoisotopic (exact) mass is 411 g/mol. The lowest BCUT2D eigenvalue weighted by Crippen LogP contribution is -2.31. The van der Waals surface area contributed by atoms with E-state index in [1.807, 2.05) is 0 Å². The second-order valence-electron chi connectivity index (χ2n) is 5.61. The average Bonchev–Trinajstić information content (AvgIpc) is 2.65. The number of benzene rings is 2. The molecule has 0 spiro atoms. The molecule has 0 aromatic heterocycles. The van der Waals surface area contributed by atoms with Crippen LogP contribution in [0.25, 0.3) is 0 Å². The first-order valence-electron chi connectivity index (χ1n) is 8.00. The number of rotatable bonds is 8. The quantitative estimate of drug-likeness (QED) is 0.613. The SMILES string of the molecule is C=CCN(c1cc(OC)c(Cl)cc1OC)S(=O)(=O)c1ccc(OC)c(C)c1. The van der Waals surface area contributed by atoms with E-state index in [2.05, 4.69) is 6.58 Å². The van der Waals surface area contributed by atoms with Crippen LogP contribution in [0.15, 0.2) is 47.9 Å². The van der Waals surface area contributed by atoms with Gasteiger partial charge in [-0.1, -0.05) is 17.7 Å². The molecular weight excluding hydrogens is 390 g/mol. The van der Waals surface area contributed by atoms with Crippen LogP contribution < -0.4 is 18.5 Å². The van der Waals surface area contributed by atoms with Gasteiger partial charge in [-0.25, -0.2) is 8.42 Å². The van der Waals surface area contributed by atoms with E-state index in [0.717, 1.165) is 0 Å². The Bertz CT molecular complexity index is 943. The predicted molar refractivity (Wildman–Crippen MR) is 107 cm³/mol. The third-order valence-electron chi connectivity index (χ3n) is 3.97. The maximum Gasteiger partial charge on any atom is 0.264 e. The fourth-order valence-corrected chi connectivity index (χ4v) is 4.38. The molecule has 0 saturated heterocycles. The Hall–Kier alpha value is -2.38. The summed E-state index contributed by atoms with van der Waals surface area (Å²) in [5.74, 6) is 1.24. The van der Waals surface area contributed by atoms with Gasteiger partial charge in [-0.15, -0.1) is 6.58 Å². The summed E-state index contributed by atoms with van der Waals surface area (Å²) in [5.41, 5.74) is 1.00. The summed E-state index contributed by atoms with van der Waals surface area (Å²) in [6.07, 6.45) is 1.49. The van der Waals surface area contributed by atoms with Crippen LogP contribution in [0, 0.1) is 6.92 Å². The highest BCUT2D eigenvalue weighted by molar-refractivity contribution is 7.92. The molecule has 0 aliphatic heterocycles. The van der Waals surface area contributed by atoms with Crippen molar-refractivity contribution in [1.82, 2.24) is 0 Å². The summed E-state index contributed by atoms with van der Waals surface area (Å²) in [6, 6.07) is 7.72. The molecule has 0 aliphatic rings. The van der Waals surface area contributed by atoms with Crippen molar-refractivity contribution in [2.45, 2.75) is 11.8 Å². The Kier molecular flexibility index (Phi) is 6.62. The van der Waals surface area contributed by atoms with E-state index in [1.165, 1.54) is 49.9 Å². The smallest absolute Gasteiger partial charge is 0.264 e. The Morgan fingerprint density at radius 1 is 1.04 bits per heavy atom. The first-order chi connectivity index (χ1) is 12.8. The summed E-state index contributed by atoms with van der Waals surface area (Å²) in [5, 5.41) is 0.314. The van der Waals surface area contributed by atoms with E-state index in [-0.39, 0.29) is 11.4 Å². The fourth-order valence-electron chi connectivity index (χ4n) is 2.62. The minimum Gasteiger partial charge on any atom is -0.496 e. The van der Waals surface area contributed by atoms with Crippen molar-refractivity contribution in [2.24, 2.45) is 0 Å². The summed E-state index contributed by atoms with van der Waals surface area (Å²) in [4.78, 5) is 0.124. The second-order valence-corrected chi connectivity index (χ2v) is 7.88. The van der Waals surface area contributed by atoms with Gasteiger partial charge in [-0.3, -0.25) is 4.31 Å². The number of hydrogen-bond acceptors (Lipinski definition) is 5. The van der Waals surface area contributed by atoms with Crippen molar-refractivity contribution in [3.8, 4) is 17.2 Å². The summed E-state index contributed by atoms with van der Waals surface area (Å²) < 4.78 is 43.6. The molecule has 0 saturated carbocycles. The molecule has 0 fully saturated rings. The van der Waals surface area contributed by atoms with Crippen LogP contribution in [0.2, 0.25) is 5.02 Å². The van der Waals surface area contributed by atoms with Gasteiger partial charge in [0, 0.05) is 12.1 Å². The highest BCUT2D eigenvalue weighted by atomic mass is 35.5. The van der Waals surface area contributed by atoms with E-state index < -0.39 is 10.0 Å². The topological polar surface area (TPSA) is 65.1 Å². The van der Waals surface area contributed by atoms with Crippen LogP contribution >= 0.6 is 11.6 Å². The fraction of sp³-hybridized carbons (Fsp3) is 0.263. The van der Waals surface area contributed by atoms with Gasteiger partial charge >= 0.3 is 0 Å². The lowest BCUT2D eigenvalue weighted by molar-refractivity contribution is 0.404. The van der Waals surface area contributed by atoms with Crippen LogP contribution in [0.3, 0.4) is 0 Å². The van der Waals surface area contributed by atoms with Crippen molar-refractivity contribution in [3.63, 3.8) is 0 Å². The Balaban J connectivity index is 2.66. The van der Waals surface area contributed by atoms with Crippen molar-refractivity contribution in [2.75, 3.05) is 32.2 Å². The van der Waals surface area contributed by atoms with E-state index in [0.29, 0.717) is 33.5 Å². The van der Waals surface area contributed by atoms with Crippen LogP contribution in [0.5, 0.6) is 17.2 Å². The molecule has 27 heavy (non-hydrogen) atoms. The van der Waals surface area contributed by atoms with Crippen LogP contribution in [-0.2, 0) is 10.0 Å². The third kappa shape index (κ3) is 4.14. The zero-order chi connectivity index (χ0) is 20.2. The van der Waals surface area contributed by atoms with Crippen LogP contribution in [0.1, 0.15) is 5.56 Å². The van der Waals surface area contributed by atoms with Crippen LogP contribution in [0.4, 0.5) is 5.69 Å². The molecular formula is C19H22ClNO5S. The van der Waals surface area contributed by atoms with Gasteiger partial charge in [-0.2, -0.15) is 0 Å². The van der Waals surface area contributed by atoms with Gasteiger partial charge in [0.2, 0.25) is 0 Å². The first kappa shape index (κ1) is 20.9. The van der Waals surface area contributed by atoms with Gasteiger partial charge in [0.1, 0.15) is 17.2 Å². The van der Waals surface area contributed by atoms with Crippen molar-refractivity contribution < 1.29 is 22.6 Å². The molecule has 0 atom stereocenters. The van der Waals surface area contributed by atoms with E-state index in [9.17, 15) is 8.42 Å². The zero-order valence-electron chi connectivity index (χ0n) is 15.7. The number of aryl methyl sites for hydroxylation is 1. The number of ether oxygens (including phenoxy) is 3. The molecule has 2 aromatic carbocycles. The summed E-state index contributed by atoms with van der Waals surface area (Å²) in [7, 11) is 0.524. The molecule has 6 nitrogen and oxygen atoms in total. The Labute approximate surface area is 165 Å². The molecule has 2 aromatic rings. The molecule has 0 unspecified atom stereocenters. The third-order valence-corrected chi connectivity index (χ3v) is 6.04. The molecule has 0 radical (unpaired) electrons. The number of methoxy groups -OCH3 is 3. The second kappa shape index (κ2) is 8.54. The molecule has 0 amide bonds. The van der Waals surface area contributed by atoms with E-state index in [4.69, 9.17) is 25.8 Å². The summed E-state index contributed by atoms with van der Waals surface area (Å²) >= 11 is 6.14. The zero-order valence-corrected chi connectivity index (χ0v) is 17.2. The maximum atomic E-state index is 13.3. The van der Waals surface area contributed by atoms with Gasteiger partial charge in [0.15, 0.2) is 0 Å². The molecule has 0 aliphatic carbocycles. The molecule has 2 rings (SSSR count). The number of hydrogen-bond donors (Lipinski definition) is 0. The standard InChI is InChI=1S/C19H22ClNO5S/c1-6-9-21(16-12-18(25-4)15(20)11-19(16)26-5)27(22,23)14-7-8-17(24-3)13(2)10-14/h6-8,10-12H,1,9H2,2-5H3. The Morgan fingerprint density at radius 3 is 2.19 bits per heavy atom. The Morgan fingerprint density at radius 2 is 1.67 bits per heavy atom. The molecule has 146 valence electrons. The largest absolute Gasteiger partial charge is 0.496 e. The molecule has 0 bridgehead atoms. The first-order valence-corrected chi connectivity index (χ1v) is 9.81. The van der Waals surface area contributed by atoms with E-state index >= 15 is 0 Å². The van der Waals surface area contributed by atoms with Crippen molar-refractivity contribution >= 4 is 27.3 Å². The highest BCUT2D eigenvalue weighted by Gasteiger charge is 2.28. The molecule has 0 heterocycles. The van der Waals surface area contributed by atoms with E-state index in [1.54, 1.807) is 19.1 Å². The van der Waals surface area contributed by atoms with Crippen LogP contribution in [-0.4, -0.2) is 36.3 Å². The van der Waals surface area contributed by atoms with Crippen molar-refractivity contribution in [1.29, 1.82) is 0 Å². The number of halogens is 1. The lowest BCUT2D eigenvalue weighted by Gasteiger charge is -2.26. The number of sulfonamides is 1. The number of nitrogens with zero attached hydrogens (tertiary/aromatic N) is 1.